The van der Waals surface area contributed by atoms with E-state index in [0.29, 0.717) is 31.8 Å². The topological polar surface area (TPSA) is 88.6 Å². The SMILES string of the molecule is CCOc1c(C)cc(S(=O)(=O)NCC2CCN(C(=O)c3cccnc3)CC2)cc1C. The Labute approximate surface area is 178 Å². The summed E-state index contributed by atoms with van der Waals surface area (Å²) in [7, 11) is -3.60. The Kier molecular flexibility index (Phi) is 7.10. The van der Waals surface area contributed by atoms with Gasteiger partial charge in [0.25, 0.3) is 5.91 Å². The van der Waals surface area contributed by atoms with Gasteiger partial charge in [-0.25, -0.2) is 13.1 Å². The van der Waals surface area contributed by atoms with Crippen molar-refractivity contribution in [2.24, 2.45) is 5.92 Å². The average Bonchev–Trinajstić information content (AvgIpc) is 2.75. The highest BCUT2D eigenvalue weighted by Gasteiger charge is 2.25. The molecule has 1 aliphatic rings. The lowest BCUT2D eigenvalue weighted by molar-refractivity contribution is 0.0691. The van der Waals surface area contributed by atoms with Crippen molar-refractivity contribution in [3.05, 3.63) is 53.3 Å². The maximum Gasteiger partial charge on any atom is 0.255 e. The number of nitrogens with one attached hydrogen (secondary N) is 1. The minimum Gasteiger partial charge on any atom is -0.493 e. The Morgan fingerprint density at radius 1 is 1.23 bits per heavy atom. The lowest BCUT2D eigenvalue weighted by atomic mass is 9.97. The van der Waals surface area contributed by atoms with Gasteiger partial charge in [-0.15, -0.1) is 0 Å². The number of pyridine rings is 1. The number of carbonyl (C=O) groups is 1. The molecule has 1 aliphatic heterocycles. The van der Waals surface area contributed by atoms with Crippen LogP contribution in [-0.2, 0) is 10.0 Å². The van der Waals surface area contributed by atoms with Gasteiger partial charge in [-0.3, -0.25) is 9.78 Å². The third-order valence-corrected chi connectivity index (χ3v) is 6.81. The van der Waals surface area contributed by atoms with Crippen LogP contribution in [0.5, 0.6) is 5.75 Å². The van der Waals surface area contributed by atoms with Crippen LogP contribution in [0.3, 0.4) is 0 Å². The van der Waals surface area contributed by atoms with Gasteiger partial charge in [0.05, 0.1) is 17.1 Å². The second-order valence-corrected chi connectivity index (χ2v) is 9.42. The normalized spacial score (nSPS) is 15.2. The lowest BCUT2D eigenvalue weighted by Crippen LogP contribution is -2.41. The summed E-state index contributed by atoms with van der Waals surface area (Å²) in [6, 6.07) is 6.81. The van der Waals surface area contributed by atoms with Crippen molar-refractivity contribution < 1.29 is 17.9 Å². The summed E-state index contributed by atoms with van der Waals surface area (Å²) >= 11 is 0. The second kappa shape index (κ2) is 9.57. The molecule has 7 nitrogen and oxygen atoms in total. The van der Waals surface area contributed by atoms with E-state index in [1.807, 2.05) is 20.8 Å². The zero-order valence-electron chi connectivity index (χ0n) is 17.7. The Bertz CT molecular complexity index is 962. The molecule has 0 unspecified atom stereocenters. The summed E-state index contributed by atoms with van der Waals surface area (Å²) in [5.74, 6) is 0.909. The molecule has 1 fully saturated rings. The average molecular weight is 432 g/mol. The van der Waals surface area contributed by atoms with Crippen LogP contribution in [0.4, 0.5) is 0 Å². The predicted octanol–water partition coefficient (Wildman–Crippen LogP) is 2.93. The van der Waals surface area contributed by atoms with Crippen LogP contribution in [0.25, 0.3) is 0 Å². The quantitative estimate of drug-likeness (QED) is 0.728. The molecule has 0 saturated carbocycles. The maximum atomic E-state index is 12.8. The first kappa shape index (κ1) is 22.2. The number of aromatic nitrogens is 1. The summed E-state index contributed by atoms with van der Waals surface area (Å²) in [4.78, 5) is 18.6. The molecular weight excluding hydrogens is 402 g/mol. The predicted molar refractivity (Wildman–Crippen MR) is 115 cm³/mol. The Balaban J connectivity index is 1.57. The molecule has 8 heteroatoms. The Morgan fingerprint density at radius 2 is 1.90 bits per heavy atom. The number of sulfonamides is 1. The molecule has 1 N–H and O–H groups in total. The van der Waals surface area contributed by atoms with E-state index in [-0.39, 0.29) is 16.7 Å². The highest BCUT2D eigenvalue weighted by molar-refractivity contribution is 7.89. The van der Waals surface area contributed by atoms with Gasteiger partial charge in [-0.2, -0.15) is 0 Å². The van der Waals surface area contributed by atoms with E-state index in [9.17, 15) is 13.2 Å². The van der Waals surface area contributed by atoms with Gasteiger partial charge < -0.3 is 9.64 Å². The van der Waals surface area contributed by atoms with Crippen LogP contribution in [-0.4, -0.2) is 50.5 Å². The molecule has 0 aliphatic carbocycles. The van der Waals surface area contributed by atoms with Crippen LogP contribution >= 0.6 is 0 Å². The number of aryl methyl sites for hydroxylation is 2. The number of ether oxygens (including phenoxy) is 1. The molecule has 1 aromatic heterocycles. The molecule has 0 spiro atoms. The number of nitrogens with zero attached hydrogens (tertiary/aromatic N) is 2. The third kappa shape index (κ3) is 5.17. The molecular formula is C22H29N3O4S. The molecule has 162 valence electrons. The van der Waals surface area contributed by atoms with Gasteiger partial charge in [-0.05, 0) is 74.9 Å². The number of amides is 1. The van der Waals surface area contributed by atoms with E-state index in [1.165, 1.54) is 0 Å². The fraction of sp³-hybridized carbons (Fsp3) is 0.455. The van der Waals surface area contributed by atoms with E-state index < -0.39 is 10.0 Å². The minimum absolute atomic E-state index is 0.0255. The molecule has 0 radical (unpaired) electrons. The molecule has 1 aromatic carbocycles. The van der Waals surface area contributed by atoms with Crippen molar-refractivity contribution in [1.82, 2.24) is 14.6 Å². The van der Waals surface area contributed by atoms with E-state index in [1.54, 1.807) is 41.6 Å². The van der Waals surface area contributed by atoms with E-state index >= 15 is 0 Å². The molecule has 1 saturated heterocycles. The van der Waals surface area contributed by atoms with E-state index in [0.717, 1.165) is 29.7 Å². The van der Waals surface area contributed by atoms with E-state index in [2.05, 4.69) is 9.71 Å². The fourth-order valence-corrected chi connectivity index (χ4v) is 5.05. The largest absolute Gasteiger partial charge is 0.493 e. The van der Waals surface area contributed by atoms with Gasteiger partial charge in [0.15, 0.2) is 0 Å². The molecule has 2 heterocycles. The molecule has 2 aromatic rings. The van der Waals surface area contributed by atoms with E-state index in [4.69, 9.17) is 4.74 Å². The number of carbonyl (C=O) groups excluding carboxylic acids is 1. The van der Waals surface area contributed by atoms with Crippen LogP contribution in [0.2, 0.25) is 0 Å². The first-order valence-electron chi connectivity index (χ1n) is 10.2. The third-order valence-electron chi connectivity index (χ3n) is 5.41. The number of hydrogen-bond donors (Lipinski definition) is 1. The van der Waals surface area contributed by atoms with Crippen LogP contribution in [0.15, 0.2) is 41.6 Å². The number of likely N-dealkylation sites (tertiary alicyclic amines) is 1. The second-order valence-electron chi connectivity index (χ2n) is 7.65. The van der Waals surface area contributed by atoms with Crippen molar-refractivity contribution in [2.75, 3.05) is 26.2 Å². The first-order chi connectivity index (χ1) is 14.3. The van der Waals surface area contributed by atoms with Gasteiger partial charge in [0.2, 0.25) is 10.0 Å². The van der Waals surface area contributed by atoms with Gasteiger partial charge >= 0.3 is 0 Å². The molecule has 0 atom stereocenters. The van der Waals surface area contributed by atoms with Crippen LogP contribution in [0, 0.1) is 19.8 Å². The molecule has 0 bridgehead atoms. The summed E-state index contributed by atoms with van der Waals surface area (Å²) in [5, 5.41) is 0. The van der Waals surface area contributed by atoms with Gasteiger partial charge in [0, 0.05) is 32.0 Å². The summed E-state index contributed by atoms with van der Waals surface area (Å²) in [5.41, 5.74) is 2.19. The standard InChI is InChI=1S/C22H29N3O4S/c1-4-29-21-16(2)12-20(13-17(21)3)30(27,28)24-14-18-7-10-25(11-8-18)22(26)19-6-5-9-23-15-19/h5-6,9,12-13,15,18,24H,4,7-8,10-11,14H2,1-3H3. The Hall–Kier alpha value is -2.45. The van der Waals surface area contributed by atoms with Gasteiger partial charge in [-0.1, -0.05) is 0 Å². The molecule has 1 amide bonds. The number of hydrogen-bond acceptors (Lipinski definition) is 5. The summed E-state index contributed by atoms with van der Waals surface area (Å²) < 4.78 is 33.9. The summed E-state index contributed by atoms with van der Waals surface area (Å²) in [6.07, 6.45) is 4.73. The van der Waals surface area contributed by atoms with Crippen molar-refractivity contribution in [3.8, 4) is 5.75 Å². The van der Waals surface area contributed by atoms with Crippen molar-refractivity contribution in [1.29, 1.82) is 0 Å². The zero-order chi connectivity index (χ0) is 21.7. The van der Waals surface area contributed by atoms with Crippen LogP contribution < -0.4 is 9.46 Å². The summed E-state index contributed by atoms with van der Waals surface area (Å²) in [6.45, 7) is 7.73. The Morgan fingerprint density at radius 3 is 2.47 bits per heavy atom. The molecule has 30 heavy (non-hydrogen) atoms. The zero-order valence-corrected chi connectivity index (χ0v) is 18.5. The number of benzene rings is 1. The highest BCUT2D eigenvalue weighted by atomic mass is 32.2. The smallest absolute Gasteiger partial charge is 0.255 e. The minimum atomic E-state index is -3.60. The lowest BCUT2D eigenvalue weighted by Gasteiger charge is -2.32. The van der Waals surface area contributed by atoms with Crippen molar-refractivity contribution >= 4 is 15.9 Å². The highest BCUT2D eigenvalue weighted by Crippen LogP contribution is 2.27. The number of piperidine rings is 1. The van der Waals surface area contributed by atoms with Crippen molar-refractivity contribution in [2.45, 2.75) is 38.5 Å². The number of rotatable bonds is 7. The maximum absolute atomic E-state index is 12.8. The monoisotopic (exact) mass is 431 g/mol. The fourth-order valence-electron chi connectivity index (χ4n) is 3.76. The van der Waals surface area contributed by atoms with Crippen LogP contribution in [0.1, 0.15) is 41.3 Å². The van der Waals surface area contributed by atoms with Gasteiger partial charge in [0.1, 0.15) is 5.75 Å². The molecule has 3 rings (SSSR count). The first-order valence-corrected chi connectivity index (χ1v) is 11.7. The van der Waals surface area contributed by atoms with Crippen molar-refractivity contribution in [3.63, 3.8) is 0 Å².